The molecule has 0 fully saturated rings. The number of carbonyl (C=O) groups is 1. The fourth-order valence-electron chi connectivity index (χ4n) is 3.52. The van der Waals surface area contributed by atoms with Crippen molar-refractivity contribution in [3.63, 3.8) is 0 Å². The molecule has 3 aromatic rings. The Morgan fingerprint density at radius 2 is 2.00 bits per heavy atom. The van der Waals surface area contributed by atoms with Crippen molar-refractivity contribution in [2.75, 3.05) is 4.90 Å². The van der Waals surface area contributed by atoms with E-state index in [1.807, 2.05) is 36.4 Å². The molecule has 24 heavy (non-hydrogen) atoms. The molecule has 2 N–H and O–H groups in total. The standard InChI is InChI=1S/C19H19N3OS/c1-12-10-14(19(20)23)13-6-2-4-8-16(13)22(12)11-18-21-15-7-3-5-9-17(15)24-18/h2-9,12,14H,10-11H2,1H3,(H2,20,23)/t12-,14+/m1/s1. The van der Waals surface area contributed by atoms with Gasteiger partial charge in [-0.3, -0.25) is 4.79 Å². The summed E-state index contributed by atoms with van der Waals surface area (Å²) in [4.78, 5) is 18.9. The molecule has 0 bridgehead atoms. The second kappa shape index (κ2) is 5.91. The van der Waals surface area contributed by atoms with Gasteiger partial charge >= 0.3 is 0 Å². The molecule has 1 aliphatic heterocycles. The SMILES string of the molecule is C[C@@H]1C[C@H](C(N)=O)c2ccccc2N1Cc1nc2ccccc2s1. The zero-order chi connectivity index (χ0) is 16.7. The molecule has 0 saturated carbocycles. The minimum Gasteiger partial charge on any atom is -0.369 e. The molecule has 0 aliphatic carbocycles. The molecule has 2 atom stereocenters. The van der Waals surface area contributed by atoms with Crippen LogP contribution in [0.3, 0.4) is 0 Å². The van der Waals surface area contributed by atoms with Gasteiger partial charge in [0.15, 0.2) is 0 Å². The Labute approximate surface area is 144 Å². The van der Waals surface area contributed by atoms with Crippen LogP contribution in [0.5, 0.6) is 0 Å². The third kappa shape index (κ3) is 2.55. The van der Waals surface area contributed by atoms with Gasteiger partial charge < -0.3 is 10.6 Å². The number of para-hydroxylation sites is 2. The van der Waals surface area contributed by atoms with E-state index < -0.39 is 0 Å². The second-order valence-corrected chi connectivity index (χ2v) is 7.42. The van der Waals surface area contributed by atoms with Gasteiger partial charge in [0.05, 0.1) is 22.7 Å². The zero-order valence-corrected chi connectivity index (χ0v) is 14.3. The van der Waals surface area contributed by atoms with Gasteiger partial charge in [-0.2, -0.15) is 0 Å². The number of hydrogen-bond donors (Lipinski definition) is 1. The number of aromatic nitrogens is 1. The molecule has 122 valence electrons. The molecular formula is C19H19N3OS. The van der Waals surface area contributed by atoms with Crippen molar-refractivity contribution in [1.29, 1.82) is 0 Å². The number of carbonyl (C=O) groups excluding carboxylic acids is 1. The first kappa shape index (κ1) is 15.1. The average molecular weight is 337 g/mol. The van der Waals surface area contributed by atoms with Gasteiger partial charge in [0.2, 0.25) is 5.91 Å². The molecule has 4 nitrogen and oxygen atoms in total. The van der Waals surface area contributed by atoms with Crippen LogP contribution in [0.4, 0.5) is 5.69 Å². The van der Waals surface area contributed by atoms with Gasteiger partial charge in [-0.15, -0.1) is 11.3 Å². The van der Waals surface area contributed by atoms with Crippen molar-refractivity contribution in [2.24, 2.45) is 5.73 Å². The van der Waals surface area contributed by atoms with E-state index in [0.29, 0.717) is 0 Å². The topological polar surface area (TPSA) is 59.2 Å². The van der Waals surface area contributed by atoms with Crippen molar-refractivity contribution in [3.8, 4) is 0 Å². The summed E-state index contributed by atoms with van der Waals surface area (Å²) in [5.74, 6) is -0.447. The maximum absolute atomic E-state index is 11.8. The highest BCUT2D eigenvalue weighted by molar-refractivity contribution is 7.18. The maximum Gasteiger partial charge on any atom is 0.225 e. The smallest absolute Gasteiger partial charge is 0.225 e. The van der Waals surface area contributed by atoms with Gasteiger partial charge in [-0.05, 0) is 37.1 Å². The lowest BCUT2D eigenvalue weighted by Crippen LogP contribution is -2.41. The molecular weight excluding hydrogens is 318 g/mol. The van der Waals surface area contributed by atoms with Crippen molar-refractivity contribution in [2.45, 2.75) is 31.8 Å². The minimum atomic E-state index is -0.242. The van der Waals surface area contributed by atoms with E-state index in [0.717, 1.165) is 34.7 Å². The average Bonchev–Trinajstić information content (AvgIpc) is 2.99. The summed E-state index contributed by atoms with van der Waals surface area (Å²) < 4.78 is 1.21. The summed E-state index contributed by atoms with van der Waals surface area (Å²) >= 11 is 1.73. The van der Waals surface area contributed by atoms with Crippen LogP contribution >= 0.6 is 11.3 Å². The predicted molar refractivity (Wildman–Crippen MR) is 98.3 cm³/mol. The van der Waals surface area contributed by atoms with Crippen LogP contribution in [0.15, 0.2) is 48.5 Å². The first-order valence-electron chi connectivity index (χ1n) is 8.13. The Bertz CT molecular complexity index is 871. The fraction of sp³-hybridized carbons (Fsp3) is 0.263. The van der Waals surface area contributed by atoms with Crippen molar-refractivity contribution < 1.29 is 4.79 Å². The molecule has 0 spiro atoms. The summed E-state index contributed by atoms with van der Waals surface area (Å²) in [6, 6.07) is 16.5. The van der Waals surface area contributed by atoms with Crippen molar-refractivity contribution in [1.82, 2.24) is 4.98 Å². The summed E-state index contributed by atoms with van der Waals surface area (Å²) in [5, 5.41) is 1.09. The number of nitrogens with two attached hydrogens (primary N) is 1. The quantitative estimate of drug-likeness (QED) is 0.793. The first-order valence-corrected chi connectivity index (χ1v) is 8.94. The monoisotopic (exact) mass is 337 g/mol. The van der Waals surface area contributed by atoms with E-state index in [1.54, 1.807) is 11.3 Å². The molecule has 1 aromatic heterocycles. The van der Waals surface area contributed by atoms with Crippen LogP contribution in [-0.4, -0.2) is 16.9 Å². The molecule has 4 rings (SSSR count). The van der Waals surface area contributed by atoms with E-state index in [2.05, 4.69) is 24.0 Å². The molecule has 0 unspecified atom stereocenters. The number of anilines is 1. The zero-order valence-electron chi connectivity index (χ0n) is 13.5. The van der Waals surface area contributed by atoms with E-state index in [4.69, 9.17) is 10.7 Å². The van der Waals surface area contributed by atoms with Crippen LogP contribution in [0, 0.1) is 0 Å². The maximum atomic E-state index is 11.8. The van der Waals surface area contributed by atoms with Gasteiger partial charge in [-0.1, -0.05) is 30.3 Å². The summed E-state index contributed by atoms with van der Waals surface area (Å²) in [6.07, 6.45) is 0.747. The van der Waals surface area contributed by atoms with Crippen LogP contribution in [0.2, 0.25) is 0 Å². The lowest BCUT2D eigenvalue weighted by Gasteiger charge is -2.39. The van der Waals surface area contributed by atoms with Gasteiger partial charge in [-0.25, -0.2) is 4.98 Å². The van der Waals surface area contributed by atoms with Gasteiger partial charge in [0, 0.05) is 11.7 Å². The second-order valence-electron chi connectivity index (χ2n) is 6.30. The number of hydrogen-bond acceptors (Lipinski definition) is 4. The molecule has 1 aliphatic rings. The van der Waals surface area contributed by atoms with Crippen molar-refractivity contribution in [3.05, 3.63) is 59.1 Å². The largest absolute Gasteiger partial charge is 0.369 e. The third-order valence-corrected chi connectivity index (χ3v) is 5.74. The summed E-state index contributed by atoms with van der Waals surface area (Å²) in [7, 11) is 0. The number of benzene rings is 2. The number of primary amides is 1. The van der Waals surface area contributed by atoms with E-state index in [1.165, 1.54) is 4.70 Å². The highest BCUT2D eigenvalue weighted by Gasteiger charge is 2.33. The summed E-state index contributed by atoms with van der Waals surface area (Å²) in [6.45, 7) is 2.90. The Morgan fingerprint density at radius 3 is 2.79 bits per heavy atom. The van der Waals surface area contributed by atoms with Gasteiger partial charge in [0.1, 0.15) is 5.01 Å². The lowest BCUT2D eigenvalue weighted by molar-refractivity contribution is -0.119. The van der Waals surface area contributed by atoms with E-state index in [-0.39, 0.29) is 17.9 Å². The third-order valence-electron chi connectivity index (χ3n) is 4.72. The number of nitrogens with zero attached hydrogens (tertiary/aromatic N) is 2. The Kier molecular flexibility index (Phi) is 3.73. The minimum absolute atomic E-state index is 0.206. The van der Waals surface area contributed by atoms with Gasteiger partial charge in [0.25, 0.3) is 0 Å². The van der Waals surface area contributed by atoms with E-state index >= 15 is 0 Å². The predicted octanol–water partition coefficient (Wildman–Crippen LogP) is 3.66. The van der Waals surface area contributed by atoms with Crippen LogP contribution in [-0.2, 0) is 11.3 Å². The lowest BCUT2D eigenvalue weighted by atomic mass is 9.85. The normalized spacial score (nSPS) is 20.1. The van der Waals surface area contributed by atoms with Crippen LogP contribution in [0.25, 0.3) is 10.2 Å². The molecule has 1 amide bonds. The number of amides is 1. The van der Waals surface area contributed by atoms with Crippen molar-refractivity contribution >= 4 is 33.1 Å². The highest BCUT2D eigenvalue weighted by Crippen LogP contribution is 2.39. The molecule has 0 radical (unpaired) electrons. The fourth-order valence-corrected chi connectivity index (χ4v) is 4.49. The highest BCUT2D eigenvalue weighted by atomic mass is 32.1. The molecule has 0 saturated heterocycles. The van der Waals surface area contributed by atoms with Crippen LogP contribution in [0.1, 0.15) is 29.8 Å². The molecule has 2 heterocycles. The Balaban J connectivity index is 1.71. The molecule has 2 aromatic carbocycles. The van der Waals surface area contributed by atoms with E-state index in [9.17, 15) is 4.79 Å². The Hall–Kier alpha value is -2.40. The number of rotatable bonds is 3. The number of fused-ring (bicyclic) bond motifs is 2. The molecule has 5 heteroatoms. The van der Waals surface area contributed by atoms with Crippen LogP contribution < -0.4 is 10.6 Å². The summed E-state index contributed by atoms with van der Waals surface area (Å²) in [5.41, 5.74) is 8.80. The first-order chi connectivity index (χ1) is 11.6. The number of thiazole rings is 1. The Morgan fingerprint density at radius 1 is 1.25 bits per heavy atom.